The summed E-state index contributed by atoms with van der Waals surface area (Å²) in [5, 5.41) is 34.2. The number of nitrogens with zero attached hydrogens (tertiary/aromatic N) is 3. The van der Waals surface area contributed by atoms with Crippen molar-refractivity contribution in [1.29, 1.82) is 0 Å². The summed E-state index contributed by atoms with van der Waals surface area (Å²) in [5.41, 5.74) is 7.68. The van der Waals surface area contributed by atoms with Gasteiger partial charge in [0.05, 0.1) is 0 Å². The highest BCUT2D eigenvalue weighted by atomic mass is 16.5. The molecular formula is C54H81N3O6. The van der Waals surface area contributed by atoms with Crippen molar-refractivity contribution >= 4 is 0 Å². The van der Waals surface area contributed by atoms with Crippen LogP contribution in [0.5, 0.6) is 35.3 Å². The van der Waals surface area contributed by atoms with E-state index < -0.39 is 0 Å². The molecule has 348 valence electrons. The first kappa shape index (κ1) is 51.1. The predicted octanol–water partition coefficient (Wildman–Crippen LogP) is 13.3. The third kappa shape index (κ3) is 17.5. The molecule has 4 rings (SSSR count). The van der Waals surface area contributed by atoms with Gasteiger partial charge in [-0.2, -0.15) is 0 Å². The maximum absolute atomic E-state index is 11.4. The molecule has 1 heterocycles. The van der Waals surface area contributed by atoms with Crippen molar-refractivity contribution in [3.05, 3.63) is 86.5 Å². The van der Waals surface area contributed by atoms with Crippen LogP contribution in [0.3, 0.4) is 0 Å². The Hall–Kier alpha value is -4.53. The molecule has 0 aliphatic heterocycles. The Kier molecular flexibility index (Phi) is 15.6. The first-order valence-corrected chi connectivity index (χ1v) is 22.8. The van der Waals surface area contributed by atoms with Gasteiger partial charge in [0, 0.05) is 0 Å². The quantitative estimate of drug-likeness (QED) is 0.107. The molecule has 0 saturated heterocycles. The van der Waals surface area contributed by atoms with Crippen LogP contribution < -0.4 is 14.2 Å². The molecule has 0 spiro atoms. The van der Waals surface area contributed by atoms with Crippen molar-refractivity contribution in [2.24, 2.45) is 32.5 Å². The van der Waals surface area contributed by atoms with Crippen molar-refractivity contribution in [1.82, 2.24) is 15.0 Å². The van der Waals surface area contributed by atoms with Crippen LogP contribution in [0, 0.1) is 32.5 Å². The Morgan fingerprint density at radius 3 is 0.619 bits per heavy atom. The average Bonchev–Trinajstić information content (AvgIpc) is 3.07. The standard InChI is InChI=1S/C54H81N3O6/c1-49(2,3)25-37-19-34(20-38(43(37)58)26-50(4,5)6)31-61-46-55-47(62-32-35-21-39(27-51(7,8)9)44(59)40(22-35)28-52(10,11)12)57-48(56-46)63-33-36-23-41(29-53(13,14)15)45(60)42(24-36)30-54(16,17)18/h19-24,58-60H,25-33H2,1-18H3. The van der Waals surface area contributed by atoms with Crippen molar-refractivity contribution in [2.45, 2.75) is 183 Å². The van der Waals surface area contributed by atoms with Crippen LogP contribution in [-0.2, 0) is 58.3 Å². The predicted molar refractivity (Wildman–Crippen MR) is 256 cm³/mol. The van der Waals surface area contributed by atoms with Crippen LogP contribution in [0.4, 0.5) is 0 Å². The molecule has 4 aromatic rings. The number of hydrogen-bond donors (Lipinski definition) is 3. The van der Waals surface area contributed by atoms with Crippen LogP contribution in [-0.4, -0.2) is 30.3 Å². The Balaban J connectivity index is 1.75. The number of aromatic hydroxyl groups is 3. The van der Waals surface area contributed by atoms with Gasteiger partial charge in [-0.25, -0.2) is 0 Å². The summed E-state index contributed by atoms with van der Waals surface area (Å²) in [7, 11) is 0. The summed E-state index contributed by atoms with van der Waals surface area (Å²) in [6, 6.07) is 12.2. The lowest BCUT2D eigenvalue weighted by Crippen LogP contribution is -2.14. The fraction of sp³-hybridized carbons (Fsp3) is 0.611. The maximum atomic E-state index is 11.4. The number of ether oxygens (including phenoxy) is 3. The highest BCUT2D eigenvalue weighted by Gasteiger charge is 2.25. The lowest BCUT2D eigenvalue weighted by Gasteiger charge is -2.24. The zero-order valence-electron chi connectivity index (χ0n) is 42.2. The molecule has 0 aliphatic carbocycles. The van der Waals surface area contributed by atoms with E-state index in [9.17, 15) is 15.3 Å². The lowest BCUT2D eigenvalue weighted by molar-refractivity contribution is 0.222. The molecule has 0 amide bonds. The van der Waals surface area contributed by atoms with Crippen molar-refractivity contribution in [2.75, 3.05) is 0 Å². The fourth-order valence-electron chi connectivity index (χ4n) is 7.94. The van der Waals surface area contributed by atoms with E-state index in [0.717, 1.165) is 50.1 Å². The molecule has 0 bridgehead atoms. The van der Waals surface area contributed by atoms with E-state index in [-0.39, 0.29) is 70.3 Å². The summed E-state index contributed by atoms with van der Waals surface area (Å²) >= 11 is 0. The molecule has 1 aromatic heterocycles. The van der Waals surface area contributed by atoms with Gasteiger partial charge >= 0.3 is 18.0 Å². The summed E-state index contributed by atoms with van der Waals surface area (Å²) in [6.45, 7) is 39.4. The Bertz CT molecular complexity index is 1810. The summed E-state index contributed by atoms with van der Waals surface area (Å²) in [4.78, 5) is 13.9. The zero-order valence-corrected chi connectivity index (χ0v) is 42.2. The molecule has 3 N–H and O–H groups in total. The molecule has 0 radical (unpaired) electrons. The van der Waals surface area contributed by atoms with Crippen LogP contribution in [0.1, 0.15) is 175 Å². The van der Waals surface area contributed by atoms with Gasteiger partial charge in [-0.1, -0.05) is 125 Å². The molecule has 0 unspecified atom stereocenters. The van der Waals surface area contributed by atoms with Gasteiger partial charge in [-0.15, -0.1) is 15.0 Å². The average molecular weight is 868 g/mol. The number of phenolic OH excluding ortho intramolecular Hbond substituents is 3. The summed E-state index contributed by atoms with van der Waals surface area (Å²) in [6.07, 6.45) is 4.19. The number of hydrogen-bond acceptors (Lipinski definition) is 9. The minimum Gasteiger partial charge on any atom is -0.507 e. The molecule has 3 aromatic carbocycles. The molecule has 63 heavy (non-hydrogen) atoms. The first-order valence-electron chi connectivity index (χ1n) is 22.8. The second kappa shape index (κ2) is 19.3. The van der Waals surface area contributed by atoms with Gasteiger partial charge < -0.3 is 29.5 Å². The van der Waals surface area contributed by atoms with Gasteiger partial charge in [0.2, 0.25) is 0 Å². The lowest BCUT2D eigenvalue weighted by atomic mass is 9.83. The van der Waals surface area contributed by atoms with Gasteiger partial charge in [-0.3, -0.25) is 0 Å². The number of phenols is 3. The van der Waals surface area contributed by atoms with Crippen molar-refractivity contribution < 1.29 is 29.5 Å². The smallest absolute Gasteiger partial charge is 0.326 e. The summed E-state index contributed by atoms with van der Waals surface area (Å²) < 4.78 is 19.0. The molecule has 0 atom stereocenters. The largest absolute Gasteiger partial charge is 0.507 e. The van der Waals surface area contributed by atoms with Crippen LogP contribution in [0.25, 0.3) is 0 Å². The topological polar surface area (TPSA) is 127 Å². The normalized spacial score (nSPS) is 13.0. The second-order valence-electron chi connectivity index (χ2n) is 25.3. The van der Waals surface area contributed by atoms with Crippen LogP contribution >= 0.6 is 0 Å². The molecule has 0 aliphatic rings. The third-order valence-electron chi connectivity index (χ3n) is 9.99. The van der Waals surface area contributed by atoms with Crippen LogP contribution in [0.15, 0.2) is 36.4 Å². The first-order chi connectivity index (χ1) is 28.6. The Morgan fingerprint density at radius 2 is 0.476 bits per heavy atom. The maximum Gasteiger partial charge on any atom is 0.326 e. The highest BCUT2D eigenvalue weighted by Crippen LogP contribution is 2.38. The van der Waals surface area contributed by atoms with Crippen molar-refractivity contribution in [3.63, 3.8) is 0 Å². The van der Waals surface area contributed by atoms with E-state index in [1.807, 2.05) is 36.4 Å². The molecular weight excluding hydrogens is 787 g/mol. The third-order valence-corrected chi connectivity index (χ3v) is 9.99. The SMILES string of the molecule is CC(C)(C)Cc1cc(COc2nc(OCc3cc(CC(C)(C)C)c(O)c(CC(C)(C)C)c3)nc(OCc3cc(CC(C)(C)C)c(O)c(CC(C)(C)C)c3)n2)cc(CC(C)(C)C)c1O. The van der Waals surface area contributed by atoms with Crippen LogP contribution in [0.2, 0.25) is 0 Å². The molecule has 9 nitrogen and oxygen atoms in total. The minimum atomic E-state index is -0.0420. The minimum absolute atomic E-state index is 0.0397. The van der Waals surface area contributed by atoms with E-state index >= 15 is 0 Å². The Labute approximate surface area is 380 Å². The van der Waals surface area contributed by atoms with Gasteiger partial charge in [0.1, 0.15) is 37.1 Å². The molecule has 9 heteroatoms. The number of benzene rings is 3. The van der Waals surface area contributed by atoms with E-state index in [0.29, 0.717) is 55.8 Å². The van der Waals surface area contributed by atoms with Gasteiger partial charge in [0.25, 0.3) is 0 Å². The van der Waals surface area contributed by atoms with E-state index in [4.69, 9.17) is 14.2 Å². The zero-order chi connectivity index (χ0) is 47.5. The fourth-order valence-corrected chi connectivity index (χ4v) is 7.94. The molecule has 0 saturated carbocycles. The van der Waals surface area contributed by atoms with E-state index in [1.54, 1.807) is 0 Å². The Morgan fingerprint density at radius 1 is 0.317 bits per heavy atom. The van der Waals surface area contributed by atoms with Gasteiger partial charge in [0.15, 0.2) is 0 Å². The van der Waals surface area contributed by atoms with Gasteiger partial charge in [-0.05, 0) is 157 Å². The number of aromatic nitrogens is 3. The highest BCUT2D eigenvalue weighted by molar-refractivity contribution is 5.47. The second-order valence-corrected chi connectivity index (χ2v) is 25.3. The monoisotopic (exact) mass is 868 g/mol. The van der Waals surface area contributed by atoms with E-state index in [2.05, 4.69) is 140 Å². The van der Waals surface area contributed by atoms with Crippen molar-refractivity contribution in [3.8, 4) is 35.3 Å². The summed E-state index contributed by atoms with van der Waals surface area (Å²) in [5.74, 6) is 1.02. The molecule has 0 fully saturated rings. The number of rotatable bonds is 15. The van der Waals surface area contributed by atoms with E-state index in [1.165, 1.54) is 0 Å².